The lowest BCUT2D eigenvalue weighted by Gasteiger charge is -2.17. The van der Waals surface area contributed by atoms with Gasteiger partial charge in [0.25, 0.3) is 0 Å². The van der Waals surface area contributed by atoms with Crippen LogP contribution in [0.25, 0.3) is 10.4 Å². The van der Waals surface area contributed by atoms with Crippen LogP contribution in [0.1, 0.15) is 23.7 Å². The zero-order valence-corrected chi connectivity index (χ0v) is 12.5. The van der Waals surface area contributed by atoms with Crippen LogP contribution in [0, 0.1) is 0 Å². The summed E-state index contributed by atoms with van der Waals surface area (Å²) in [4.78, 5) is 6.63. The molecule has 7 heteroatoms. The molecule has 2 rings (SSSR count). The van der Waals surface area contributed by atoms with E-state index in [1.165, 1.54) is 6.20 Å². The summed E-state index contributed by atoms with van der Waals surface area (Å²) in [6, 6.07) is 11.3. The van der Waals surface area contributed by atoms with Crippen LogP contribution >= 0.6 is 0 Å². The second-order valence-corrected chi connectivity index (χ2v) is 4.98. The van der Waals surface area contributed by atoms with Gasteiger partial charge >= 0.3 is 0 Å². The highest BCUT2D eigenvalue weighted by molar-refractivity contribution is 5.26. The fraction of sp³-hybridized carbons (Fsp3) is 0.312. The van der Waals surface area contributed by atoms with Gasteiger partial charge in [-0.15, -0.1) is 0 Å². The maximum atomic E-state index is 10.1. The lowest BCUT2D eigenvalue weighted by atomic mass is 10.0. The minimum Gasteiger partial charge on any atom is -0.487 e. The lowest BCUT2D eigenvalue weighted by molar-refractivity contribution is 0.0147. The number of rotatable bonds is 8. The molecule has 0 aliphatic carbocycles. The smallest absolute Gasteiger partial charge is 0.138 e. The molecule has 0 aliphatic heterocycles. The largest absolute Gasteiger partial charge is 0.487 e. The molecule has 1 aromatic heterocycles. The Morgan fingerprint density at radius 3 is 2.74 bits per heavy atom. The molecule has 2 aromatic rings. The van der Waals surface area contributed by atoms with Gasteiger partial charge < -0.3 is 14.9 Å². The number of ether oxygens (including phenoxy) is 1. The molecule has 0 aliphatic rings. The van der Waals surface area contributed by atoms with Crippen LogP contribution in [0.3, 0.4) is 0 Å². The number of aromatic nitrogens is 1. The first-order valence-corrected chi connectivity index (χ1v) is 7.19. The monoisotopic (exact) mass is 314 g/mol. The maximum absolute atomic E-state index is 10.1. The molecule has 0 bridgehead atoms. The average molecular weight is 314 g/mol. The van der Waals surface area contributed by atoms with Gasteiger partial charge in [0.05, 0.1) is 12.3 Å². The summed E-state index contributed by atoms with van der Waals surface area (Å²) < 4.78 is 5.64. The standard InChI is InChI=1S/C16H18N4O3/c17-20-19-7-6-15(21)16(22)13-8-14(10-18-9-13)23-11-12-4-2-1-3-5-12/h1-5,8-10,15-16,21-22H,6-7,11H2. The summed E-state index contributed by atoms with van der Waals surface area (Å²) in [6.45, 7) is 0.508. The number of azide groups is 1. The predicted octanol–water partition coefficient (Wildman–Crippen LogP) is 2.76. The number of hydrogen-bond acceptors (Lipinski definition) is 5. The minimum atomic E-state index is -1.11. The van der Waals surface area contributed by atoms with E-state index >= 15 is 0 Å². The summed E-state index contributed by atoms with van der Waals surface area (Å²) in [5.41, 5.74) is 9.68. The topological polar surface area (TPSA) is 111 Å². The normalized spacial score (nSPS) is 13.0. The Kier molecular flexibility index (Phi) is 6.38. The van der Waals surface area contributed by atoms with Crippen LogP contribution in [0.15, 0.2) is 53.9 Å². The van der Waals surface area contributed by atoms with Crippen molar-refractivity contribution in [2.24, 2.45) is 5.11 Å². The van der Waals surface area contributed by atoms with Gasteiger partial charge in [-0.3, -0.25) is 4.98 Å². The van der Waals surface area contributed by atoms with Crippen LogP contribution in [0.4, 0.5) is 0 Å². The van der Waals surface area contributed by atoms with Gasteiger partial charge in [0.1, 0.15) is 18.5 Å². The summed E-state index contributed by atoms with van der Waals surface area (Å²) in [5, 5.41) is 23.3. The Morgan fingerprint density at radius 2 is 2.00 bits per heavy atom. The molecular formula is C16H18N4O3. The van der Waals surface area contributed by atoms with E-state index in [2.05, 4.69) is 15.0 Å². The molecule has 0 saturated carbocycles. The van der Waals surface area contributed by atoms with Crippen molar-refractivity contribution in [2.45, 2.75) is 25.2 Å². The number of pyridine rings is 1. The van der Waals surface area contributed by atoms with Crippen molar-refractivity contribution in [3.8, 4) is 5.75 Å². The fourth-order valence-electron chi connectivity index (χ4n) is 2.03. The van der Waals surface area contributed by atoms with E-state index in [1.54, 1.807) is 12.3 Å². The van der Waals surface area contributed by atoms with Crippen molar-refractivity contribution >= 4 is 0 Å². The Labute approximate surface area is 133 Å². The Morgan fingerprint density at radius 1 is 1.22 bits per heavy atom. The third kappa shape index (κ3) is 5.27. The molecule has 2 atom stereocenters. The maximum Gasteiger partial charge on any atom is 0.138 e. The Hall–Kier alpha value is -2.60. The molecule has 0 spiro atoms. The SMILES string of the molecule is [N-]=[N+]=NCCC(O)C(O)c1cncc(OCc2ccccc2)c1. The van der Waals surface area contributed by atoms with Crippen molar-refractivity contribution < 1.29 is 14.9 Å². The van der Waals surface area contributed by atoms with E-state index < -0.39 is 12.2 Å². The van der Waals surface area contributed by atoms with E-state index in [-0.39, 0.29) is 13.0 Å². The Balaban J connectivity index is 1.96. The van der Waals surface area contributed by atoms with Crippen molar-refractivity contribution in [1.29, 1.82) is 0 Å². The zero-order valence-electron chi connectivity index (χ0n) is 12.5. The third-order valence-corrected chi connectivity index (χ3v) is 3.28. The summed E-state index contributed by atoms with van der Waals surface area (Å²) in [7, 11) is 0. The fourth-order valence-corrected chi connectivity index (χ4v) is 2.03. The highest BCUT2D eigenvalue weighted by atomic mass is 16.5. The second-order valence-electron chi connectivity index (χ2n) is 4.98. The van der Waals surface area contributed by atoms with E-state index in [0.29, 0.717) is 17.9 Å². The van der Waals surface area contributed by atoms with Crippen LogP contribution in [-0.2, 0) is 6.61 Å². The first-order chi connectivity index (χ1) is 11.2. The van der Waals surface area contributed by atoms with Gasteiger partial charge in [-0.05, 0) is 23.6 Å². The quantitative estimate of drug-likeness (QED) is 0.443. The second kappa shape index (κ2) is 8.75. The zero-order chi connectivity index (χ0) is 16.5. The number of benzene rings is 1. The van der Waals surface area contributed by atoms with Gasteiger partial charge in [0, 0.05) is 23.2 Å². The van der Waals surface area contributed by atoms with Gasteiger partial charge in [0.15, 0.2) is 0 Å². The summed E-state index contributed by atoms with van der Waals surface area (Å²) in [5.74, 6) is 0.507. The lowest BCUT2D eigenvalue weighted by Crippen LogP contribution is -2.19. The van der Waals surface area contributed by atoms with Crippen molar-refractivity contribution in [3.05, 3.63) is 70.4 Å². The van der Waals surface area contributed by atoms with Gasteiger partial charge in [-0.1, -0.05) is 35.4 Å². The average Bonchev–Trinajstić information content (AvgIpc) is 2.60. The molecule has 7 nitrogen and oxygen atoms in total. The molecular weight excluding hydrogens is 296 g/mol. The summed E-state index contributed by atoms with van der Waals surface area (Å²) in [6.07, 6.45) is 1.03. The molecule has 0 saturated heterocycles. The number of aliphatic hydroxyl groups excluding tert-OH is 2. The highest BCUT2D eigenvalue weighted by Crippen LogP contribution is 2.22. The van der Waals surface area contributed by atoms with E-state index in [9.17, 15) is 10.2 Å². The Bertz CT molecular complexity index is 659. The molecule has 0 radical (unpaired) electrons. The van der Waals surface area contributed by atoms with Crippen LogP contribution in [0.5, 0.6) is 5.75 Å². The third-order valence-electron chi connectivity index (χ3n) is 3.28. The molecule has 1 heterocycles. The number of nitrogens with zero attached hydrogens (tertiary/aromatic N) is 4. The van der Waals surface area contributed by atoms with Gasteiger partial charge in [-0.2, -0.15) is 0 Å². The number of hydrogen-bond donors (Lipinski definition) is 2. The summed E-state index contributed by atoms with van der Waals surface area (Å²) >= 11 is 0. The minimum absolute atomic E-state index is 0.117. The molecule has 0 amide bonds. The molecule has 2 unspecified atom stereocenters. The van der Waals surface area contributed by atoms with Crippen LogP contribution in [0.2, 0.25) is 0 Å². The number of aliphatic hydroxyl groups is 2. The van der Waals surface area contributed by atoms with E-state index in [1.807, 2.05) is 30.3 Å². The van der Waals surface area contributed by atoms with E-state index in [4.69, 9.17) is 10.3 Å². The first-order valence-electron chi connectivity index (χ1n) is 7.19. The predicted molar refractivity (Wildman–Crippen MR) is 84.6 cm³/mol. The highest BCUT2D eigenvalue weighted by Gasteiger charge is 2.18. The van der Waals surface area contributed by atoms with Gasteiger partial charge in [-0.25, -0.2) is 0 Å². The first kappa shape index (κ1) is 16.8. The molecule has 23 heavy (non-hydrogen) atoms. The van der Waals surface area contributed by atoms with Crippen LogP contribution < -0.4 is 4.74 Å². The molecule has 120 valence electrons. The van der Waals surface area contributed by atoms with Crippen molar-refractivity contribution in [1.82, 2.24) is 4.98 Å². The van der Waals surface area contributed by atoms with Crippen molar-refractivity contribution in [3.63, 3.8) is 0 Å². The van der Waals surface area contributed by atoms with Gasteiger partial charge in [0.2, 0.25) is 0 Å². The molecule has 0 fully saturated rings. The van der Waals surface area contributed by atoms with Crippen LogP contribution in [-0.4, -0.2) is 27.8 Å². The van der Waals surface area contributed by atoms with Crippen molar-refractivity contribution in [2.75, 3.05) is 6.54 Å². The van der Waals surface area contributed by atoms with E-state index in [0.717, 1.165) is 5.56 Å². The molecule has 1 aromatic carbocycles. The molecule has 2 N–H and O–H groups in total.